The molecule has 5 rings (SSSR count). The lowest BCUT2D eigenvalue weighted by Gasteiger charge is -2.57. The Morgan fingerprint density at radius 3 is 2.69 bits per heavy atom. The van der Waals surface area contributed by atoms with Gasteiger partial charge in [-0.05, 0) is 101 Å². The van der Waals surface area contributed by atoms with Crippen LogP contribution in [0.25, 0.3) is 0 Å². The van der Waals surface area contributed by atoms with Gasteiger partial charge in [-0.1, -0.05) is 17.7 Å². The molecule has 174 valence electrons. The molecule has 0 bridgehead atoms. The maximum Gasteiger partial charge on any atom is 0.254 e. The molecule has 0 aromatic heterocycles. The fourth-order valence-electron chi connectivity index (χ4n) is 6.68. The summed E-state index contributed by atoms with van der Waals surface area (Å²) in [7, 11) is 0. The van der Waals surface area contributed by atoms with Crippen molar-refractivity contribution < 1.29 is 9.59 Å². The van der Waals surface area contributed by atoms with Gasteiger partial charge in [0.05, 0.1) is 0 Å². The molecule has 4 atom stereocenters. The van der Waals surface area contributed by atoms with Crippen LogP contribution < -0.4 is 5.32 Å². The highest BCUT2D eigenvalue weighted by atomic mass is 16.2. The van der Waals surface area contributed by atoms with Crippen molar-refractivity contribution in [2.45, 2.75) is 76.8 Å². The summed E-state index contributed by atoms with van der Waals surface area (Å²) >= 11 is 0. The lowest BCUT2D eigenvalue weighted by Crippen LogP contribution is -2.65. The van der Waals surface area contributed by atoms with Gasteiger partial charge in [0, 0.05) is 37.2 Å². The quantitative estimate of drug-likeness (QED) is 0.701. The highest BCUT2D eigenvalue weighted by Crippen LogP contribution is 2.43. The number of aryl methyl sites for hydroxylation is 1. The first-order valence-electron chi connectivity index (χ1n) is 13.0. The van der Waals surface area contributed by atoms with Gasteiger partial charge in [0.15, 0.2) is 0 Å². The van der Waals surface area contributed by atoms with E-state index in [1.807, 2.05) is 18.2 Å². The van der Waals surface area contributed by atoms with Gasteiger partial charge < -0.3 is 10.2 Å². The first-order chi connectivity index (χ1) is 15.6. The fourth-order valence-corrected chi connectivity index (χ4v) is 6.68. The van der Waals surface area contributed by atoms with Gasteiger partial charge in [-0.25, -0.2) is 0 Å². The van der Waals surface area contributed by atoms with E-state index in [2.05, 4.69) is 28.1 Å². The van der Waals surface area contributed by atoms with Crippen LogP contribution in [-0.2, 0) is 4.79 Å². The van der Waals surface area contributed by atoms with E-state index < -0.39 is 0 Å². The van der Waals surface area contributed by atoms with Gasteiger partial charge >= 0.3 is 0 Å². The molecule has 0 radical (unpaired) electrons. The van der Waals surface area contributed by atoms with E-state index in [9.17, 15) is 9.59 Å². The molecule has 0 unspecified atom stereocenters. The number of nitrogens with zero attached hydrogens (tertiary/aromatic N) is 2. The van der Waals surface area contributed by atoms with Gasteiger partial charge in [-0.2, -0.15) is 0 Å². The van der Waals surface area contributed by atoms with Gasteiger partial charge in [-0.15, -0.1) is 0 Å². The minimum absolute atomic E-state index is 0.185. The summed E-state index contributed by atoms with van der Waals surface area (Å²) in [6, 6.07) is 8.94. The molecule has 1 aromatic rings. The monoisotopic (exact) mass is 437 g/mol. The Labute approximate surface area is 192 Å². The smallest absolute Gasteiger partial charge is 0.254 e. The summed E-state index contributed by atoms with van der Waals surface area (Å²) in [5, 5.41) is 3.11. The number of likely N-dealkylation sites (tertiary alicyclic amines) is 1. The Balaban J connectivity index is 1.31. The van der Waals surface area contributed by atoms with E-state index in [1.54, 1.807) is 0 Å². The van der Waals surface area contributed by atoms with Crippen molar-refractivity contribution in [3.8, 4) is 0 Å². The predicted octanol–water partition coefficient (Wildman–Crippen LogP) is 4.01. The lowest BCUT2D eigenvalue weighted by atomic mass is 9.69. The van der Waals surface area contributed by atoms with Crippen LogP contribution >= 0.6 is 0 Å². The van der Waals surface area contributed by atoms with Crippen molar-refractivity contribution in [3.05, 3.63) is 35.4 Å². The zero-order valence-electron chi connectivity index (χ0n) is 19.6. The zero-order chi connectivity index (χ0) is 22.1. The second-order valence-electron chi connectivity index (χ2n) is 10.8. The first-order valence-corrected chi connectivity index (χ1v) is 13.0. The first kappa shape index (κ1) is 21.9. The summed E-state index contributed by atoms with van der Waals surface area (Å²) in [5.74, 6) is 2.24. The molecule has 4 fully saturated rings. The third kappa shape index (κ3) is 4.73. The zero-order valence-corrected chi connectivity index (χ0v) is 19.6. The molecular weight excluding hydrogens is 398 g/mol. The van der Waals surface area contributed by atoms with Crippen LogP contribution in [-0.4, -0.2) is 59.9 Å². The van der Waals surface area contributed by atoms with Crippen LogP contribution in [0.4, 0.5) is 0 Å². The third-order valence-corrected chi connectivity index (χ3v) is 8.39. The highest BCUT2D eigenvalue weighted by molar-refractivity contribution is 5.94. The number of carbonyl (C=O) groups excluding carboxylic acids is 2. The van der Waals surface area contributed by atoms with E-state index in [1.165, 1.54) is 51.6 Å². The average molecular weight is 438 g/mol. The minimum Gasteiger partial charge on any atom is -0.356 e. The van der Waals surface area contributed by atoms with Crippen molar-refractivity contribution in [3.63, 3.8) is 0 Å². The van der Waals surface area contributed by atoms with Crippen LogP contribution in [0, 0.1) is 24.7 Å². The van der Waals surface area contributed by atoms with Crippen molar-refractivity contribution in [2.75, 3.05) is 26.2 Å². The summed E-state index contributed by atoms with van der Waals surface area (Å²) in [6.07, 6.45) is 9.87. The molecular formula is C27H39N3O2. The van der Waals surface area contributed by atoms with Crippen molar-refractivity contribution in [1.82, 2.24) is 15.1 Å². The predicted molar refractivity (Wildman–Crippen MR) is 126 cm³/mol. The normalized spacial score (nSPS) is 30.0. The molecule has 1 aliphatic carbocycles. The van der Waals surface area contributed by atoms with Crippen molar-refractivity contribution in [1.29, 1.82) is 0 Å². The molecule has 2 amide bonds. The van der Waals surface area contributed by atoms with Gasteiger partial charge in [0.25, 0.3) is 5.91 Å². The van der Waals surface area contributed by atoms with Gasteiger partial charge in [0.1, 0.15) is 0 Å². The standard InChI is InChI=1S/C27H39N3O2/c1-19-6-2-7-21(16-19)27(32)30-18-22-8-4-14-29-15-5-9-23(26(22)29)24(30)10-3-11-25(31)28-17-20-12-13-20/h2,6-7,16,20,22-24,26H,3-5,8-15,17-18H2,1H3,(H,28,31)/t22-,23+,24+,26-/m0/s1. The van der Waals surface area contributed by atoms with Crippen LogP contribution in [0.1, 0.15) is 73.7 Å². The Morgan fingerprint density at radius 1 is 1.09 bits per heavy atom. The van der Waals surface area contributed by atoms with E-state index in [0.717, 1.165) is 43.0 Å². The molecule has 3 saturated heterocycles. The molecule has 1 aromatic carbocycles. The fraction of sp³-hybridized carbons (Fsp3) is 0.704. The number of amides is 2. The second-order valence-corrected chi connectivity index (χ2v) is 10.8. The number of hydrogen-bond donors (Lipinski definition) is 1. The van der Waals surface area contributed by atoms with Crippen LogP contribution in [0.3, 0.4) is 0 Å². The minimum atomic E-state index is 0.185. The third-order valence-electron chi connectivity index (χ3n) is 8.39. The number of nitrogens with one attached hydrogen (secondary N) is 1. The molecule has 5 heteroatoms. The summed E-state index contributed by atoms with van der Waals surface area (Å²) in [6.45, 7) is 6.23. The van der Waals surface area contributed by atoms with E-state index >= 15 is 0 Å². The Bertz CT molecular complexity index is 834. The molecule has 5 nitrogen and oxygen atoms in total. The van der Waals surface area contributed by atoms with Gasteiger partial charge in [-0.3, -0.25) is 14.5 Å². The molecule has 4 aliphatic rings. The number of benzene rings is 1. The van der Waals surface area contributed by atoms with Crippen LogP contribution in [0.15, 0.2) is 24.3 Å². The molecule has 32 heavy (non-hydrogen) atoms. The maximum atomic E-state index is 13.7. The summed E-state index contributed by atoms with van der Waals surface area (Å²) in [4.78, 5) is 31.0. The number of piperidine rings is 3. The molecule has 3 heterocycles. The van der Waals surface area contributed by atoms with Gasteiger partial charge in [0.2, 0.25) is 5.91 Å². The molecule has 3 aliphatic heterocycles. The Morgan fingerprint density at radius 2 is 1.91 bits per heavy atom. The summed E-state index contributed by atoms with van der Waals surface area (Å²) in [5.41, 5.74) is 1.95. The maximum absolute atomic E-state index is 13.7. The Hall–Kier alpha value is -1.88. The molecule has 0 spiro atoms. The van der Waals surface area contributed by atoms with Crippen LogP contribution in [0.2, 0.25) is 0 Å². The number of rotatable bonds is 7. The van der Waals surface area contributed by atoms with E-state index in [0.29, 0.717) is 24.3 Å². The SMILES string of the molecule is Cc1cccc(C(=O)N2C[C@@H]3CCCN4CCC[C@@H]([C@H]34)[C@H]2CCCC(=O)NCC2CC2)c1. The topological polar surface area (TPSA) is 52.7 Å². The van der Waals surface area contributed by atoms with E-state index in [-0.39, 0.29) is 17.9 Å². The number of carbonyl (C=O) groups is 2. The van der Waals surface area contributed by atoms with Crippen molar-refractivity contribution >= 4 is 11.8 Å². The largest absolute Gasteiger partial charge is 0.356 e. The Kier molecular flexibility index (Phi) is 6.54. The molecule has 1 N–H and O–H groups in total. The van der Waals surface area contributed by atoms with Crippen LogP contribution in [0.5, 0.6) is 0 Å². The average Bonchev–Trinajstić information content (AvgIpc) is 3.63. The lowest BCUT2D eigenvalue weighted by molar-refractivity contribution is -0.121. The highest BCUT2D eigenvalue weighted by Gasteiger charge is 2.49. The van der Waals surface area contributed by atoms with Crippen molar-refractivity contribution in [2.24, 2.45) is 17.8 Å². The molecule has 1 saturated carbocycles. The second kappa shape index (κ2) is 9.54. The summed E-state index contributed by atoms with van der Waals surface area (Å²) < 4.78 is 0. The number of hydrogen-bond acceptors (Lipinski definition) is 3. The van der Waals surface area contributed by atoms with E-state index in [4.69, 9.17) is 0 Å².